The monoisotopic (exact) mass is 431 g/mol. The van der Waals surface area contributed by atoms with Crippen LogP contribution in [-0.2, 0) is 6.54 Å². The summed E-state index contributed by atoms with van der Waals surface area (Å²) in [6.45, 7) is 6.07. The molecule has 0 radical (unpaired) electrons. The Hall–Kier alpha value is -0.300. The lowest BCUT2D eigenvalue weighted by atomic mass is 10.2. The first-order chi connectivity index (χ1) is 10.2. The van der Waals surface area contributed by atoms with E-state index >= 15 is 0 Å². The van der Waals surface area contributed by atoms with Crippen molar-refractivity contribution in [3.05, 3.63) is 45.1 Å². The minimum Gasteiger partial charge on any atom is -0.308 e. The molecule has 0 saturated heterocycles. The molecule has 6 heteroatoms. The Bertz CT molecular complexity index is 586. The van der Waals surface area contributed by atoms with Crippen LogP contribution in [0.5, 0.6) is 0 Å². The van der Waals surface area contributed by atoms with E-state index in [1.54, 1.807) is 0 Å². The highest BCUT2D eigenvalue weighted by Crippen LogP contribution is 2.30. The van der Waals surface area contributed by atoms with Crippen LogP contribution in [0.3, 0.4) is 0 Å². The van der Waals surface area contributed by atoms with Gasteiger partial charge in [0.2, 0.25) is 0 Å². The highest BCUT2D eigenvalue weighted by atomic mass is 79.9. The molecule has 114 valence electrons. The number of nitrogens with one attached hydrogen (secondary N) is 1. The first-order valence-electron chi connectivity index (χ1n) is 6.98. The number of halogens is 2. The van der Waals surface area contributed by atoms with Crippen molar-refractivity contribution in [2.45, 2.75) is 31.3 Å². The summed E-state index contributed by atoms with van der Waals surface area (Å²) in [6.07, 6.45) is 1.88. The molecule has 0 aliphatic heterocycles. The topological polar surface area (TPSA) is 29.9 Å². The van der Waals surface area contributed by atoms with Crippen molar-refractivity contribution in [3.8, 4) is 0 Å². The third kappa shape index (κ3) is 4.58. The van der Waals surface area contributed by atoms with Crippen LogP contribution in [0.4, 0.5) is 0 Å². The van der Waals surface area contributed by atoms with Crippen molar-refractivity contribution in [1.82, 2.24) is 15.1 Å². The standard InChI is InChI=1S/C15H19Br2N3S/c1-3-18-14(15-13(17)9-19-20(15)4-2)10-21-12-7-5-6-11(16)8-12/h5-9,14,18H,3-4,10H2,1-2H3. The number of rotatable bonds is 7. The molecule has 0 aliphatic rings. The molecule has 0 amide bonds. The molecule has 0 saturated carbocycles. The molecule has 1 aromatic carbocycles. The first kappa shape index (κ1) is 17.1. The fourth-order valence-corrected chi connectivity index (χ4v) is 4.33. The lowest BCUT2D eigenvalue weighted by Gasteiger charge is -2.19. The number of nitrogens with zero attached hydrogens (tertiary/aromatic N) is 2. The number of hydrogen-bond donors (Lipinski definition) is 1. The summed E-state index contributed by atoms with van der Waals surface area (Å²) >= 11 is 9.00. The molecule has 1 unspecified atom stereocenters. The zero-order valence-electron chi connectivity index (χ0n) is 12.1. The molecule has 2 aromatic rings. The Morgan fingerprint density at radius 1 is 1.33 bits per heavy atom. The highest BCUT2D eigenvalue weighted by molar-refractivity contribution is 9.10. The van der Waals surface area contributed by atoms with Gasteiger partial charge in [0.25, 0.3) is 0 Å². The van der Waals surface area contributed by atoms with E-state index < -0.39 is 0 Å². The summed E-state index contributed by atoms with van der Waals surface area (Å²) in [4.78, 5) is 1.27. The summed E-state index contributed by atoms with van der Waals surface area (Å²) in [5, 5.41) is 7.98. The van der Waals surface area contributed by atoms with Crippen LogP contribution in [0.1, 0.15) is 25.6 Å². The molecule has 0 bridgehead atoms. The molecule has 21 heavy (non-hydrogen) atoms. The highest BCUT2D eigenvalue weighted by Gasteiger charge is 2.19. The minimum absolute atomic E-state index is 0.274. The zero-order chi connectivity index (χ0) is 15.2. The largest absolute Gasteiger partial charge is 0.308 e. The first-order valence-corrected chi connectivity index (χ1v) is 9.55. The SMILES string of the molecule is CCNC(CSc1cccc(Br)c1)c1c(Br)cnn1CC. The van der Waals surface area contributed by atoms with Gasteiger partial charge in [0, 0.05) is 21.7 Å². The van der Waals surface area contributed by atoms with Crippen LogP contribution in [0.15, 0.2) is 44.3 Å². The average Bonchev–Trinajstić information content (AvgIpc) is 2.84. The van der Waals surface area contributed by atoms with E-state index in [2.05, 4.69) is 85.1 Å². The zero-order valence-corrected chi connectivity index (χ0v) is 16.1. The third-order valence-electron chi connectivity index (χ3n) is 3.13. The molecule has 3 nitrogen and oxygen atoms in total. The van der Waals surface area contributed by atoms with Crippen LogP contribution in [-0.4, -0.2) is 22.1 Å². The third-order valence-corrected chi connectivity index (χ3v) is 5.32. The lowest BCUT2D eigenvalue weighted by molar-refractivity contribution is 0.525. The fraction of sp³-hybridized carbons (Fsp3) is 0.400. The van der Waals surface area contributed by atoms with Crippen molar-refractivity contribution in [2.24, 2.45) is 0 Å². The van der Waals surface area contributed by atoms with Gasteiger partial charge >= 0.3 is 0 Å². The van der Waals surface area contributed by atoms with E-state index in [1.807, 2.05) is 18.0 Å². The van der Waals surface area contributed by atoms with Gasteiger partial charge in [-0.05, 0) is 47.6 Å². The smallest absolute Gasteiger partial charge is 0.0704 e. The van der Waals surface area contributed by atoms with Gasteiger partial charge in [0.15, 0.2) is 0 Å². The fourth-order valence-electron chi connectivity index (χ4n) is 2.19. The molecule has 1 atom stereocenters. The number of hydrogen-bond acceptors (Lipinski definition) is 3. The van der Waals surface area contributed by atoms with Gasteiger partial charge in [-0.2, -0.15) is 5.10 Å². The second kappa shape index (κ2) is 8.36. The van der Waals surface area contributed by atoms with Gasteiger partial charge in [0.05, 0.1) is 22.4 Å². The molecule has 1 aromatic heterocycles. The summed E-state index contributed by atoms with van der Waals surface area (Å²) in [5.41, 5.74) is 1.22. The molecule has 1 N–H and O–H groups in total. The number of aryl methyl sites for hydroxylation is 1. The van der Waals surface area contributed by atoms with Gasteiger partial charge in [0.1, 0.15) is 0 Å². The van der Waals surface area contributed by atoms with Crippen molar-refractivity contribution < 1.29 is 0 Å². The second-order valence-electron chi connectivity index (χ2n) is 4.57. The maximum absolute atomic E-state index is 4.42. The van der Waals surface area contributed by atoms with Gasteiger partial charge in [-0.3, -0.25) is 4.68 Å². The van der Waals surface area contributed by atoms with E-state index in [9.17, 15) is 0 Å². The van der Waals surface area contributed by atoms with E-state index in [1.165, 1.54) is 10.6 Å². The molecule has 0 aliphatic carbocycles. The lowest BCUT2D eigenvalue weighted by Crippen LogP contribution is -2.26. The average molecular weight is 433 g/mol. The van der Waals surface area contributed by atoms with Gasteiger partial charge < -0.3 is 5.32 Å². The molecule has 2 rings (SSSR count). The summed E-state index contributed by atoms with van der Waals surface area (Å²) in [7, 11) is 0. The van der Waals surface area contributed by atoms with Crippen molar-refractivity contribution in [2.75, 3.05) is 12.3 Å². The minimum atomic E-state index is 0.274. The van der Waals surface area contributed by atoms with Crippen LogP contribution in [0.2, 0.25) is 0 Å². The summed E-state index contributed by atoms with van der Waals surface area (Å²) < 4.78 is 4.25. The van der Waals surface area contributed by atoms with Crippen LogP contribution in [0, 0.1) is 0 Å². The molecule has 1 heterocycles. The predicted octanol–water partition coefficient (Wildman–Crippen LogP) is 4.87. The van der Waals surface area contributed by atoms with Crippen molar-refractivity contribution in [3.63, 3.8) is 0 Å². The molecular weight excluding hydrogens is 414 g/mol. The molecule has 0 fully saturated rings. The summed E-state index contributed by atoms with van der Waals surface area (Å²) in [6, 6.07) is 8.69. The number of aromatic nitrogens is 2. The Balaban J connectivity index is 2.14. The number of benzene rings is 1. The summed E-state index contributed by atoms with van der Waals surface area (Å²) in [5.74, 6) is 0.967. The normalized spacial score (nSPS) is 12.6. The van der Waals surface area contributed by atoms with E-state index in [0.29, 0.717) is 0 Å². The Kier molecular flexibility index (Phi) is 6.79. The van der Waals surface area contributed by atoms with E-state index in [-0.39, 0.29) is 6.04 Å². The van der Waals surface area contributed by atoms with Crippen LogP contribution in [0.25, 0.3) is 0 Å². The Morgan fingerprint density at radius 3 is 2.81 bits per heavy atom. The quantitative estimate of drug-likeness (QED) is 0.632. The molecule has 0 spiro atoms. The Labute approximate surface area is 147 Å². The van der Waals surface area contributed by atoms with Crippen molar-refractivity contribution in [1.29, 1.82) is 0 Å². The maximum Gasteiger partial charge on any atom is 0.0704 e. The predicted molar refractivity (Wildman–Crippen MR) is 96.9 cm³/mol. The van der Waals surface area contributed by atoms with Crippen LogP contribution >= 0.6 is 43.6 Å². The van der Waals surface area contributed by atoms with Gasteiger partial charge in [-0.1, -0.05) is 28.9 Å². The molecular formula is C15H19Br2N3S. The van der Waals surface area contributed by atoms with Gasteiger partial charge in [-0.25, -0.2) is 0 Å². The number of thioether (sulfide) groups is 1. The maximum atomic E-state index is 4.42. The van der Waals surface area contributed by atoms with E-state index in [0.717, 1.165) is 27.8 Å². The Morgan fingerprint density at radius 2 is 2.14 bits per heavy atom. The van der Waals surface area contributed by atoms with E-state index in [4.69, 9.17) is 0 Å². The van der Waals surface area contributed by atoms with Gasteiger partial charge in [-0.15, -0.1) is 11.8 Å². The van der Waals surface area contributed by atoms with Crippen molar-refractivity contribution >= 4 is 43.6 Å². The van der Waals surface area contributed by atoms with Crippen LogP contribution < -0.4 is 5.32 Å². The second-order valence-corrected chi connectivity index (χ2v) is 7.44.